The monoisotopic (exact) mass is 558 g/mol. The molecule has 1 N–H and O–H groups in total. The summed E-state index contributed by atoms with van der Waals surface area (Å²) in [7, 11) is 0. The molecule has 4 aromatic rings. The van der Waals surface area contributed by atoms with Crippen LogP contribution in [0, 0.1) is 13.8 Å². The average molecular weight is 559 g/mol. The number of hydrogen-bond donors (Lipinski definition) is 1. The Morgan fingerprint density at radius 1 is 1.05 bits per heavy atom. The van der Waals surface area contributed by atoms with Gasteiger partial charge in [-0.2, -0.15) is 5.10 Å². The Bertz CT molecular complexity index is 1520. The second-order valence-electron chi connectivity index (χ2n) is 9.63. The predicted molar refractivity (Wildman–Crippen MR) is 160 cm³/mol. The summed E-state index contributed by atoms with van der Waals surface area (Å²) in [5.74, 6) is 0.460. The molecule has 0 fully saturated rings. The first kappa shape index (κ1) is 27.0. The fraction of sp³-hybridized carbons (Fsp3) is 0.258. The molecule has 0 radical (unpaired) electrons. The number of aryl methyl sites for hydroxylation is 1. The third-order valence-electron chi connectivity index (χ3n) is 7.00. The first-order chi connectivity index (χ1) is 18.9. The lowest BCUT2D eigenvalue weighted by molar-refractivity contribution is -0.122. The van der Waals surface area contributed by atoms with Gasteiger partial charge in [-0.25, -0.2) is 4.68 Å². The van der Waals surface area contributed by atoms with Gasteiger partial charge in [-0.3, -0.25) is 14.5 Å². The molecule has 8 heteroatoms. The molecule has 6 nitrogen and oxygen atoms in total. The predicted octanol–water partition coefficient (Wildman–Crippen LogP) is 6.50. The molecule has 1 unspecified atom stereocenters. The molecule has 1 aromatic heterocycles. The summed E-state index contributed by atoms with van der Waals surface area (Å²) in [6.45, 7) is 6.57. The van der Waals surface area contributed by atoms with Gasteiger partial charge in [0.1, 0.15) is 12.4 Å². The van der Waals surface area contributed by atoms with Crippen molar-refractivity contribution in [3.63, 3.8) is 0 Å². The minimum Gasteiger partial charge on any atom is -0.355 e. The average Bonchev–Trinajstić information content (AvgIpc) is 3.27. The summed E-state index contributed by atoms with van der Waals surface area (Å²) in [5, 5.41) is 8.46. The summed E-state index contributed by atoms with van der Waals surface area (Å²) in [5.41, 5.74) is 6.50. The molecule has 1 aliphatic rings. The molecule has 200 valence electrons. The Hall–Kier alpha value is -3.55. The molecule has 2 amide bonds. The highest BCUT2D eigenvalue weighted by Gasteiger charge is 2.38. The number of halogens is 1. The summed E-state index contributed by atoms with van der Waals surface area (Å²) in [6, 6.07) is 23.8. The number of fused-ring (bicyclic) bond motifs is 1. The zero-order chi connectivity index (χ0) is 27.5. The first-order valence-electron chi connectivity index (χ1n) is 13.1. The maximum Gasteiger partial charge on any atom is 0.240 e. The number of aromatic nitrogens is 2. The lowest BCUT2D eigenvalue weighted by Gasteiger charge is -2.24. The van der Waals surface area contributed by atoms with Gasteiger partial charge in [-0.15, -0.1) is 11.8 Å². The summed E-state index contributed by atoms with van der Waals surface area (Å²) in [6.07, 6.45) is 0.813. The number of carbonyl (C=O) groups is 2. The number of nitrogens with one attached hydrogen (secondary N) is 1. The van der Waals surface area contributed by atoms with E-state index in [9.17, 15) is 9.59 Å². The minimum atomic E-state index is -0.268. The van der Waals surface area contributed by atoms with Crippen LogP contribution < -0.4 is 10.2 Å². The van der Waals surface area contributed by atoms with Crippen LogP contribution in [0.3, 0.4) is 0 Å². The normalized spacial score (nSPS) is 15.1. The van der Waals surface area contributed by atoms with E-state index in [1.165, 1.54) is 11.8 Å². The molecular formula is C31H31ClN4O2S. The number of nitrogens with zero attached hydrogens (tertiary/aromatic N) is 3. The van der Waals surface area contributed by atoms with E-state index < -0.39 is 0 Å². The molecule has 0 aliphatic carbocycles. The van der Waals surface area contributed by atoms with Gasteiger partial charge in [-0.05, 0) is 49.1 Å². The lowest BCUT2D eigenvalue weighted by atomic mass is 9.99. The SMILES string of the molecule is CCCNC(=O)CN1C(=O)CSC(c2ccccc2Cl)c2c(-c3ccccc3)nn(-c3cccc(C)c3C)c21. The van der Waals surface area contributed by atoms with Crippen LogP contribution in [0.15, 0.2) is 72.8 Å². The highest BCUT2D eigenvalue weighted by molar-refractivity contribution is 8.00. The molecule has 5 rings (SSSR count). The zero-order valence-corrected chi connectivity index (χ0v) is 23.9. The van der Waals surface area contributed by atoms with Gasteiger partial charge >= 0.3 is 0 Å². The summed E-state index contributed by atoms with van der Waals surface area (Å²) >= 11 is 8.27. The van der Waals surface area contributed by atoms with E-state index >= 15 is 0 Å². The molecule has 39 heavy (non-hydrogen) atoms. The Labute approximate surface area is 238 Å². The molecule has 1 atom stereocenters. The van der Waals surface area contributed by atoms with Gasteiger partial charge < -0.3 is 5.32 Å². The quantitative estimate of drug-likeness (QED) is 0.281. The van der Waals surface area contributed by atoms with Crippen molar-refractivity contribution in [2.75, 3.05) is 23.7 Å². The van der Waals surface area contributed by atoms with Crippen molar-refractivity contribution in [3.05, 3.63) is 100 Å². The lowest BCUT2D eigenvalue weighted by Crippen LogP contribution is -2.42. The van der Waals surface area contributed by atoms with E-state index in [4.69, 9.17) is 16.7 Å². The Morgan fingerprint density at radius 2 is 1.79 bits per heavy atom. The van der Waals surface area contributed by atoms with E-state index in [0.717, 1.165) is 45.6 Å². The standard InChI is InChI=1S/C31H31ClN4O2S/c1-4-17-33-26(37)18-35-27(38)19-39-30(23-14-8-9-15-24(23)32)28-29(22-12-6-5-7-13-22)34-36(31(28)35)25-16-10-11-20(2)21(25)3/h5-16,30H,4,17-19H2,1-3H3,(H,33,37). The minimum absolute atomic E-state index is 0.0909. The second-order valence-corrected chi connectivity index (χ2v) is 11.1. The van der Waals surface area contributed by atoms with E-state index in [0.29, 0.717) is 17.4 Å². The van der Waals surface area contributed by atoms with Crippen LogP contribution in [0.1, 0.15) is 40.8 Å². The summed E-state index contributed by atoms with van der Waals surface area (Å²) in [4.78, 5) is 28.4. The van der Waals surface area contributed by atoms with Crippen LogP contribution in [-0.2, 0) is 9.59 Å². The Morgan fingerprint density at radius 3 is 2.54 bits per heavy atom. The van der Waals surface area contributed by atoms with Crippen LogP contribution in [-0.4, -0.2) is 40.4 Å². The fourth-order valence-electron chi connectivity index (χ4n) is 4.86. The number of benzene rings is 3. The van der Waals surface area contributed by atoms with E-state index in [-0.39, 0.29) is 29.4 Å². The number of anilines is 1. The van der Waals surface area contributed by atoms with Crippen molar-refractivity contribution in [1.82, 2.24) is 15.1 Å². The van der Waals surface area contributed by atoms with Gasteiger partial charge in [0.05, 0.1) is 22.4 Å². The van der Waals surface area contributed by atoms with Crippen LogP contribution in [0.4, 0.5) is 5.82 Å². The first-order valence-corrected chi connectivity index (χ1v) is 14.5. The number of carbonyl (C=O) groups excluding carboxylic acids is 2. The number of thioether (sulfide) groups is 1. The number of rotatable bonds is 7. The topological polar surface area (TPSA) is 67.2 Å². The summed E-state index contributed by atoms with van der Waals surface area (Å²) < 4.78 is 1.85. The maximum atomic E-state index is 13.8. The molecule has 0 bridgehead atoms. The van der Waals surface area contributed by atoms with Crippen molar-refractivity contribution < 1.29 is 9.59 Å². The molecule has 1 aliphatic heterocycles. The Kier molecular flexibility index (Phi) is 8.10. The third kappa shape index (κ3) is 5.34. The maximum absolute atomic E-state index is 13.8. The van der Waals surface area contributed by atoms with Crippen LogP contribution >= 0.6 is 23.4 Å². The van der Waals surface area contributed by atoms with Crippen molar-refractivity contribution >= 4 is 41.0 Å². The van der Waals surface area contributed by atoms with Gasteiger partial charge in [0.2, 0.25) is 11.8 Å². The number of hydrogen-bond acceptors (Lipinski definition) is 4. The van der Waals surface area contributed by atoms with Gasteiger partial charge in [-0.1, -0.05) is 79.2 Å². The van der Waals surface area contributed by atoms with E-state index in [2.05, 4.69) is 25.2 Å². The van der Waals surface area contributed by atoms with Gasteiger partial charge in [0, 0.05) is 22.7 Å². The smallest absolute Gasteiger partial charge is 0.240 e. The van der Waals surface area contributed by atoms with Gasteiger partial charge in [0.25, 0.3) is 0 Å². The van der Waals surface area contributed by atoms with Gasteiger partial charge in [0.15, 0.2) is 0 Å². The molecule has 0 saturated heterocycles. The molecule has 0 saturated carbocycles. The van der Waals surface area contributed by atoms with E-state index in [1.54, 1.807) is 4.90 Å². The van der Waals surface area contributed by atoms with Crippen LogP contribution in [0.5, 0.6) is 0 Å². The zero-order valence-electron chi connectivity index (χ0n) is 22.3. The van der Waals surface area contributed by atoms with E-state index in [1.807, 2.05) is 78.3 Å². The highest BCUT2D eigenvalue weighted by atomic mass is 35.5. The van der Waals surface area contributed by atoms with Crippen molar-refractivity contribution in [2.24, 2.45) is 0 Å². The Balaban J connectivity index is 1.83. The number of amides is 2. The van der Waals surface area contributed by atoms with Crippen molar-refractivity contribution in [3.8, 4) is 16.9 Å². The van der Waals surface area contributed by atoms with Crippen LogP contribution in [0.2, 0.25) is 5.02 Å². The molecule has 3 aromatic carbocycles. The molecule has 2 heterocycles. The third-order valence-corrected chi connectivity index (χ3v) is 8.58. The van der Waals surface area contributed by atoms with Crippen molar-refractivity contribution in [2.45, 2.75) is 32.4 Å². The van der Waals surface area contributed by atoms with Crippen molar-refractivity contribution in [1.29, 1.82) is 0 Å². The fourth-order valence-corrected chi connectivity index (χ4v) is 6.40. The highest BCUT2D eigenvalue weighted by Crippen LogP contribution is 2.50. The molecular weight excluding hydrogens is 528 g/mol. The van der Waals surface area contributed by atoms with Crippen LogP contribution in [0.25, 0.3) is 16.9 Å². The molecule has 0 spiro atoms. The largest absolute Gasteiger partial charge is 0.355 e. The second kappa shape index (κ2) is 11.7.